The third-order valence-corrected chi connectivity index (χ3v) is 3.55. The molecule has 0 atom stereocenters. The van der Waals surface area contributed by atoms with Gasteiger partial charge in [0.15, 0.2) is 0 Å². The second kappa shape index (κ2) is 9.57. The van der Waals surface area contributed by atoms with E-state index in [-0.39, 0.29) is 5.91 Å². The van der Waals surface area contributed by atoms with Crippen LogP contribution in [0.1, 0.15) is 5.56 Å². The van der Waals surface area contributed by atoms with Crippen molar-refractivity contribution >= 4 is 5.91 Å². The SMILES string of the molecule is COc1ccc(CNC(=O)CN(C)CCOc2ccccc2)cc1. The third kappa shape index (κ3) is 6.30. The van der Waals surface area contributed by atoms with Gasteiger partial charge < -0.3 is 14.8 Å². The molecular weight excluding hydrogens is 304 g/mol. The van der Waals surface area contributed by atoms with Gasteiger partial charge >= 0.3 is 0 Å². The Labute approximate surface area is 143 Å². The molecule has 0 aliphatic heterocycles. The monoisotopic (exact) mass is 328 g/mol. The van der Waals surface area contributed by atoms with E-state index in [1.54, 1.807) is 7.11 Å². The number of likely N-dealkylation sites (N-methyl/N-ethyl adjacent to an activating group) is 1. The van der Waals surface area contributed by atoms with Gasteiger partial charge in [-0.15, -0.1) is 0 Å². The molecule has 2 aromatic rings. The first kappa shape index (κ1) is 17.8. The Hall–Kier alpha value is -2.53. The highest BCUT2D eigenvalue weighted by molar-refractivity contribution is 5.77. The molecule has 1 amide bonds. The van der Waals surface area contributed by atoms with Crippen molar-refractivity contribution in [2.75, 3.05) is 33.9 Å². The lowest BCUT2D eigenvalue weighted by atomic mass is 10.2. The summed E-state index contributed by atoms with van der Waals surface area (Å²) in [5, 5.41) is 2.91. The molecule has 0 aliphatic carbocycles. The fourth-order valence-corrected chi connectivity index (χ4v) is 2.16. The first-order valence-corrected chi connectivity index (χ1v) is 7.93. The van der Waals surface area contributed by atoms with Crippen molar-refractivity contribution in [3.05, 3.63) is 60.2 Å². The summed E-state index contributed by atoms with van der Waals surface area (Å²) in [5.74, 6) is 1.64. The minimum absolute atomic E-state index is 0.00645. The van der Waals surface area contributed by atoms with Crippen LogP contribution in [0.3, 0.4) is 0 Å². The van der Waals surface area contributed by atoms with Crippen molar-refractivity contribution in [1.82, 2.24) is 10.2 Å². The summed E-state index contributed by atoms with van der Waals surface area (Å²) in [6, 6.07) is 17.3. The number of carbonyl (C=O) groups excluding carboxylic acids is 1. The van der Waals surface area contributed by atoms with Gasteiger partial charge in [-0.25, -0.2) is 0 Å². The highest BCUT2D eigenvalue weighted by atomic mass is 16.5. The Bertz CT molecular complexity index is 614. The number of hydrogen-bond acceptors (Lipinski definition) is 4. The maximum absolute atomic E-state index is 12.0. The molecule has 24 heavy (non-hydrogen) atoms. The van der Waals surface area contributed by atoms with Crippen molar-refractivity contribution in [3.8, 4) is 11.5 Å². The van der Waals surface area contributed by atoms with E-state index < -0.39 is 0 Å². The number of hydrogen-bond donors (Lipinski definition) is 1. The maximum atomic E-state index is 12.0. The van der Waals surface area contributed by atoms with E-state index in [1.807, 2.05) is 66.5 Å². The number of nitrogens with zero attached hydrogens (tertiary/aromatic N) is 1. The molecule has 0 aromatic heterocycles. The summed E-state index contributed by atoms with van der Waals surface area (Å²) in [6.07, 6.45) is 0. The van der Waals surface area contributed by atoms with Crippen LogP contribution >= 0.6 is 0 Å². The molecule has 0 saturated carbocycles. The first-order valence-electron chi connectivity index (χ1n) is 7.93. The molecule has 0 bridgehead atoms. The molecule has 0 fully saturated rings. The molecule has 0 unspecified atom stereocenters. The average molecular weight is 328 g/mol. The summed E-state index contributed by atoms with van der Waals surface area (Å²) in [4.78, 5) is 13.9. The zero-order chi connectivity index (χ0) is 17.2. The number of rotatable bonds is 9. The smallest absolute Gasteiger partial charge is 0.234 e. The van der Waals surface area contributed by atoms with Crippen LogP contribution in [0.25, 0.3) is 0 Å². The summed E-state index contributed by atoms with van der Waals surface area (Å²) >= 11 is 0. The Balaban J connectivity index is 1.63. The zero-order valence-electron chi connectivity index (χ0n) is 14.2. The standard InChI is InChI=1S/C19H24N2O3/c1-21(12-13-24-18-6-4-3-5-7-18)15-19(22)20-14-16-8-10-17(23-2)11-9-16/h3-11H,12-15H2,1-2H3,(H,20,22). The predicted molar refractivity (Wildman–Crippen MR) is 94.3 cm³/mol. The van der Waals surface area contributed by atoms with Gasteiger partial charge in [0, 0.05) is 13.1 Å². The molecular formula is C19H24N2O3. The highest BCUT2D eigenvalue weighted by Crippen LogP contribution is 2.11. The first-order chi connectivity index (χ1) is 11.7. The predicted octanol–water partition coefficient (Wildman–Crippen LogP) is 2.32. The van der Waals surface area contributed by atoms with Crippen LogP contribution in [0, 0.1) is 0 Å². The molecule has 0 radical (unpaired) electrons. The lowest BCUT2D eigenvalue weighted by Crippen LogP contribution is -2.36. The largest absolute Gasteiger partial charge is 0.497 e. The fourth-order valence-electron chi connectivity index (χ4n) is 2.16. The lowest BCUT2D eigenvalue weighted by Gasteiger charge is -2.16. The molecule has 2 aromatic carbocycles. The topological polar surface area (TPSA) is 50.8 Å². The van der Waals surface area contributed by atoms with Crippen molar-refractivity contribution in [2.45, 2.75) is 6.54 Å². The minimum Gasteiger partial charge on any atom is -0.497 e. The zero-order valence-corrected chi connectivity index (χ0v) is 14.2. The van der Waals surface area contributed by atoms with Gasteiger partial charge in [0.2, 0.25) is 5.91 Å². The molecule has 2 rings (SSSR count). The van der Waals surface area contributed by atoms with Gasteiger partial charge in [0.25, 0.3) is 0 Å². The second-order valence-corrected chi connectivity index (χ2v) is 5.52. The van der Waals surface area contributed by atoms with Gasteiger partial charge in [-0.05, 0) is 36.9 Å². The molecule has 0 aliphatic rings. The van der Waals surface area contributed by atoms with E-state index in [1.165, 1.54) is 0 Å². The minimum atomic E-state index is -0.00645. The van der Waals surface area contributed by atoms with E-state index in [0.29, 0.717) is 26.2 Å². The van der Waals surface area contributed by atoms with E-state index in [2.05, 4.69) is 5.32 Å². The Morgan fingerprint density at radius 2 is 1.75 bits per heavy atom. The van der Waals surface area contributed by atoms with Gasteiger partial charge in [-0.3, -0.25) is 9.69 Å². The number of methoxy groups -OCH3 is 1. The van der Waals surface area contributed by atoms with E-state index in [0.717, 1.165) is 17.1 Å². The molecule has 5 heteroatoms. The van der Waals surface area contributed by atoms with E-state index >= 15 is 0 Å². The summed E-state index contributed by atoms with van der Waals surface area (Å²) in [5.41, 5.74) is 1.04. The van der Waals surface area contributed by atoms with Crippen LogP contribution < -0.4 is 14.8 Å². The highest BCUT2D eigenvalue weighted by Gasteiger charge is 2.06. The number of benzene rings is 2. The normalized spacial score (nSPS) is 10.5. The van der Waals surface area contributed by atoms with Gasteiger partial charge in [0.05, 0.1) is 13.7 Å². The molecule has 0 spiro atoms. The van der Waals surface area contributed by atoms with Crippen molar-refractivity contribution < 1.29 is 14.3 Å². The molecule has 0 saturated heterocycles. The third-order valence-electron chi connectivity index (χ3n) is 3.55. The summed E-state index contributed by atoms with van der Waals surface area (Å²) in [7, 11) is 3.54. The summed E-state index contributed by atoms with van der Waals surface area (Å²) < 4.78 is 10.7. The molecule has 5 nitrogen and oxygen atoms in total. The van der Waals surface area contributed by atoms with Crippen LogP contribution in [0.15, 0.2) is 54.6 Å². The van der Waals surface area contributed by atoms with E-state index in [9.17, 15) is 4.79 Å². The van der Waals surface area contributed by atoms with Crippen LogP contribution in [0.5, 0.6) is 11.5 Å². The fraction of sp³-hybridized carbons (Fsp3) is 0.316. The molecule has 1 N–H and O–H groups in total. The molecule has 128 valence electrons. The van der Waals surface area contributed by atoms with E-state index in [4.69, 9.17) is 9.47 Å². The van der Waals surface area contributed by atoms with Gasteiger partial charge in [0.1, 0.15) is 18.1 Å². The average Bonchev–Trinajstić information content (AvgIpc) is 2.61. The second-order valence-electron chi connectivity index (χ2n) is 5.52. The quantitative estimate of drug-likeness (QED) is 0.767. The maximum Gasteiger partial charge on any atom is 0.234 e. The van der Waals surface area contributed by atoms with Crippen molar-refractivity contribution in [1.29, 1.82) is 0 Å². The van der Waals surface area contributed by atoms with Gasteiger partial charge in [-0.2, -0.15) is 0 Å². The Morgan fingerprint density at radius 1 is 1.04 bits per heavy atom. The van der Waals surface area contributed by atoms with Gasteiger partial charge in [-0.1, -0.05) is 30.3 Å². The van der Waals surface area contributed by atoms with Crippen LogP contribution in [-0.4, -0.2) is 44.7 Å². The molecule has 0 heterocycles. The Morgan fingerprint density at radius 3 is 2.42 bits per heavy atom. The number of nitrogens with one attached hydrogen (secondary N) is 1. The number of ether oxygens (including phenoxy) is 2. The van der Waals surface area contributed by atoms with Crippen molar-refractivity contribution in [2.24, 2.45) is 0 Å². The number of para-hydroxylation sites is 1. The van der Waals surface area contributed by atoms with Crippen LogP contribution in [0.2, 0.25) is 0 Å². The lowest BCUT2D eigenvalue weighted by molar-refractivity contribution is -0.122. The number of carbonyl (C=O) groups is 1. The number of amides is 1. The van der Waals surface area contributed by atoms with Crippen molar-refractivity contribution in [3.63, 3.8) is 0 Å². The van der Waals surface area contributed by atoms with Crippen LogP contribution in [-0.2, 0) is 11.3 Å². The summed E-state index contributed by atoms with van der Waals surface area (Å²) in [6.45, 7) is 2.09. The Kier molecular flexibility index (Phi) is 7.11. The van der Waals surface area contributed by atoms with Crippen LogP contribution in [0.4, 0.5) is 0 Å².